The molecule has 0 bridgehead atoms. The SMILES string of the molecule is C[C@H](C(=O)NC1CCCC1)N(Cc1ccc(Cl)cc1)C(=O)CN(c1ccc(Cl)c(Cl)c1)S(C)(=O)=O. The van der Waals surface area contributed by atoms with Crippen LogP contribution in [0.4, 0.5) is 5.69 Å². The van der Waals surface area contributed by atoms with Crippen LogP contribution in [0.3, 0.4) is 0 Å². The van der Waals surface area contributed by atoms with E-state index >= 15 is 0 Å². The fourth-order valence-corrected chi connectivity index (χ4v) is 5.27. The number of nitrogens with one attached hydrogen (secondary N) is 1. The number of rotatable bonds is 9. The smallest absolute Gasteiger partial charge is 0.244 e. The molecule has 190 valence electrons. The topological polar surface area (TPSA) is 86.8 Å². The molecule has 1 aliphatic carbocycles. The summed E-state index contributed by atoms with van der Waals surface area (Å²) in [6, 6.07) is 10.5. The molecule has 1 atom stereocenters. The Hall–Kier alpha value is -2.00. The second kappa shape index (κ2) is 11.8. The van der Waals surface area contributed by atoms with Crippen molar-refractivity contribution in [2.75, 3.05) is 17.1 Å². The monoisotopic (exact) mass is 559 g/mol. The van der Waals surface area contributed by atoms with E-state index < -0.39 is 28.5 Å². The minimum Gasteiger partial charge on any atom is -0.352 e. The van der Waals surface area contributed by atoms with Crippen LogP contribution < -0.4 is 9.62 Å². The van der Waals surface area contributed by atoms with Gasteiger partial charge in [0, 0.05) is 17.6 Å². The second-order valence-corrected chi connectivity index (χ2v) is 11.8. The van der Waals surface area contributed by atoms with Gasteiger partial charge >= 0.3 is 0 Å². The van der Waals surface area contributed by atoms with Crippen molar-refractivity contribution in [3.8, 4) is 0 Å². The highest BCUT2D eigenvalue weighted by atomic mass is 35.5. The predicted octanol–water partition coefficient (Wildman–Crippen LogP) is 4.89. The van der Waals surface area contributed by atoms with E-state index in [0.29, 0.717) is 5.02 Å². The Labute approximate surface area is 221 Å². The summed E-state index contributed by atoms with van der Waals surface area (Å²) in [5, 5.41) is 3.98. The maximum atomic E-state index is 13.5. The largest absolute Gasteiger partial charge is 0.352 e. The normalized spacial score (nSPS) is 15.0. The quantitative estimate of drug-likeness (QED) is 0.473. The van der Waals surface area contributed by atoms with Crippen LogP contribution in [0.25, 0.3) is 0 Å². The van der Waals surface area contributed by atoms with Crippen molar-refractivity contribution in [3.63, 3.8) is 0 Å². The molecule has 11 heteroatoms. The van der Waals surface area contributed by atoms with Gasteiger partial charge in [-0.05, 0) is 55.7 Å². The number of hydrogen-bond acceptors (Lipinski definition) is 4. The number of sulfonamides is 1. The first kappa shape index (κ1) is 27.6. The summed E-state index contributed by atoms with van der Waals surface area (Å²) in [5.74, 6) is -0.815. The third kappa shape index (κ3) is 7.49. The summed E-state index contributed by atoms with van der Waals surface area (Å²) >= 11 is 18.1. The predicted molar refractivity (Wildman–Crippen MR) is 141 cm³/mol. The summed E-state index contributed by atoms with van der Waals surface area (Å²) < 4.78 is 26.2. The lowest BCUT2D eigenvalue weighted by atomic mass is 10.1. The molecule has 2 amide bonds. The van der Waals surface area contributed by atoms with Gasteiger partial charge in [0.1, 0.15) is 12.6 Å². The minimum absolute atomic E-state index is 0.0844. The van der Waals surface area contributed by atoms with Crippen molar-refractivity contribution in [3.05, 3.63) is 63.1 Å². The number of nitrogens with zero attached hydrogens (tertiary/aromatic N) is 2. The van der Waals surface area contributed by atoms with Crippen molar-refractivity contribution >= 4 is 62.3 Å². The summed E-state index contributed by atoms with van der Waals surface area (Å²) in [6.07, 6.45) is 4.92. The molecule has 0 aliphatic heterocycles. The Morgan fingerprint density at radius 2 is 1.66 bits per heavy atom. The van der Waals surface area contributed by atoms with Gasteiger partial charge in [0.15, 0.2) is 0 Å². The van der Waals surface area contributed by atoms with Crippen LogP contribution in [0.15, 0.2) is 42.5 Å². The third-order valence-electron chi connectivity index (χ3n) is 6.01. The van der Waals surface area contributed by atoms with Gasteiger partial charge < -0.3 is 10.2 Å². The average Bonchev–Trinajstić information content (AvgIpc) is 3.30. The number of anilines is 1. The standard InChI is InChI=1S/C24H28Cl3N3O4S/c1-16(24(32)28-19-5-3-4-6-19)29(14-17-7-9-18(25)10-8-17)23(31)15-30(35(2,33)34)20-11-12-21(26)22(27)13-20/h7-13,16,19H,3-6,14-15H2,1-2H3,(H,28,32)/t16-/m1/s1. The molecule has 0 spiro atoms. The van der Waals surface area contributed by atoms with Gasteiger partial charge in [0.2, 0.25) is 21.8 Å². The van der Waals surface area contributed by atoms with Crippen LogP contribution in [0.2, 0.25) is 15.1 Å². The number of halogens is 3. The molecule has 0 heterocycles. The lowest BCUT2D eigenvalue weighted by Gasteiger charge is -2.32. The van der Waals surface area contributed by atoms with Crippen molar-refractivity contribution in [1.29, 1.82) is 0 Å². The van der Waals surface area contributed by atoms with E-state index in [1.165, 1.54) is 23.1 Å². The van der Waals surface area contributed by atoms with E-state index in [9.17, 15) is 18.0 Å². The van der Waals surface area contributed by atoms with Gasteiger partial charge in [-0.15, -0.1) is 0 Å². The fourth-order valence-electron chi connectivity index (χ4n) is 4.01. The molecular formula is C24H28Cl3N3O4S. The Morgan fingerprint density at radius 1 is 1.03 bits per heavy atom. The number of carbonyl (C=O) groups is 2. The Morgan fingerprint density at radius 3 is 2.23 bits per heavy atom. The molecule has 35 heavy (non-hydrogen) atoms. The number of amides is 2. The first-order valence-electron chi connectivity index (χ1n) is 11.2. The Bertz CT molecular complexity index is 1170. The summed E-state index contributed by atoms with van der Waals surface area (Å²) in [4.78, 5) is 27.9. The Balaban J connectivity index is 1.88. The summed E-state index contributed by atoms with van der Waals surface area (Å²) in [5.41, 5.74) is 0.952. The van der Waals surface area contributed by atoms with E-state index in [4.69, 9.17) is 34.8 Å². The first-order chi connectivity index (χ1) is 16.5. The Kier molecular flexibility index (Phi) is 9.32. The third-order valence-corrected chi connectivity index (χ3v) is 8.14. The van der Waals surface area contributed by atoms with Crippen molar-refractivity contribution in [1.82, 2.24) is 10.2 Å². The lowest BCUT2D eigenvalue weighted by molar-refractivity contribution is -0.139. The van der Waals surface area contributed by atoms with Gasteiger partial charge in [-0.25, -0.2) is 8.42 Å². The molecule has 2 aromatic carbocycles. The molecule has 0 saturated heterocycles. The molecule has 1 N–H and O–H groups in total. The van der Waals surface area contributed by atoms with Crippen molar-refractivity contribution in [2.24, 2.45) is 0 Å². The minimum atomic E-state index is -3.85. The fraction of sp³-hybridized carbons (Fsp3) is 0.417. The van der Waals surface area contributed by atoms with Crippen LogP contribution in [-0.4, -0.2) is 50.0 Å². The highest BCUT2D eigenvalue weighted by molar-refractivity contribution is 7.92. The molecule has 3 rings (SSSR count). The maximum Gasteiger partial charge on any atom is 0.244 e. The van der Waals surface area contributed by atoms with E-state index in [1.807, 2.05) is 0 Å². The highest BCUT2D eigenvalue weighted by Crippen LogP contribution is 2.28. The molecule has 2 aromatic rings. The van der Waals surface area contributed by atoms with Crippen LogP contribution in [0, 0.1) is 0 Å². The molecular weight excluding hydrogens is 533 g/mol. The van der Waals surface area contributed by atoms with Crippen LogP contribution in [-0.2, 0) is 26.2 Å². The number of hydrogen-bond donors (Lipinski definition) is 1. The van der Waals surface area contributed by atoms with Crippen molar-refractivity contribution < 1.29 is 18.0 Å². The number of benzene rings is 2. The van der Waals surface area contributed by atoms with Gasteiger partial charge in [-0.2, -0.15) is 0 Å². The van der Waals surface area contributed by atoms with Gasteiger partial charge in [-0.1, -0.05) is 59.8 Å². The summed E-state index contributed by atoms with van der Waals surface area (Å²) in [7, 11) is -3.85. The van der Waals surface area contributed by atoms with E-state index in [1.54, 1.807) is 31.2 Å². The molecule has 0 radical (unpaired) electrons. The van der Waals surface area contributed by atoms with Crippen LogP contribution in [0.5, 0.6) is 0 Å². The molecule has 0 aromatic heterocycles. The van der Waals surface area contributed by atoms with Crippen LogP contribution in [0.1, 0.15) is 38.2 Å². The zero-order chi connectivity index (χ0) is 25.8. The first-order valence-corrected chi connectivity index (χ1v) is 14.2. The summed E-state index contributed by atoms with van der Waals surface area (Å²) in [6.45, 7) is 1.24. The molecule has 1 aliphatic rings. The maximum absolute atomic E-state index is 13.5. The zero-order valence-corrected chi connectivity index (χ0v) is 22.6. The highest BCUT2D eigenvalue weighted by Gasteiger charge is 2.31. The van der Waals surface area contributed by atoms with Gasteiger partial charge in [-0.3, -0.25) is 13.9 Å². The lowest BCUT2D eigenvalue weighted by Crippen LogP contribution is -2.52. The van der Waals surface area contributed by atoms with E-state index in [-0.39, 0.29) is 34.2 Å². The van der Waals surface area contributed by atoms with E-state index in [2.05, 4.69) is 5.32 Å². The van der Waals surface area contributed by atoms with Gasteiger partial charge in [0.05, 0.1) is 22.0 Å². The molecule has 1 fully saturated rings. The van der Waals surface area contributed by atoms with Gasteiger partial charge in [0.25, 0.3) is 0 Å². The number of carbonyl (C=O) groups excluding carboxylic acids is 2. The molecule has 0 unspecified atom stereocenters. The second-order valence-electron chi connectivity index (χ2n) is 8.68. The van der Waals surface area contributed by atoms with Crippen LogP contribution >= 0.6 is 34.8 Å². The average molecular weight is 561 g/mol. The molecule has 1 saturated carbocycles. The van der Waals surface area contributed by atoms with E-state index in [0.717, 1.165) is 41.8 Å². The zero-order valence-electron chi connectivity index (χ0n) is 19.5. The molecule has 7 nitrogen and oxygen atoms in total. The van der Waals surface area contributed by atoms with Crippen molar-refractivity contribution in [2.45, 2.75) is 51.2 Å².